The van der Waals surface area contributed by atoms with Gasteiger partial charge in [-0.05, 0) is 19.1 Å². The molecule has 0 amide bonds. The lowest BCUT2D eigenvalue weighted by Gasteiger charge is -2.08. The molecule has 0 heterocycles. The Bertz CT molecular complexity index is 574. The van der Waals surface area contributed by atoms with Crippen molar-refractivity contribution in [1.29, 1.82) is 0 Å². The van der Waals surface area contributed by atoms with Crippen molar-refractivity contribution >= 4 is 11.5 Å². The predicted octanol–water partition coefficient (Wildman–Crippen LogP) is 2.82. The highest BCUT2D eigenvalue weighted by Crippen LogP contribution is 2.24. The molecular formula is C15H15NO2. The Morgan fingerprint density at radius 1 is 1.11 bits per heavy atom. The van der Waals surface area contributed by atoms with Crippen LogP contribution in [-0.4, -0.2) is 12.9 Å². The minimum atomic E-state index is -0.0631. The molecule has 0 aromatic heterocycles. The molecule has 92 valence electrons. The van der Waals surface area contributed by atoms with E-state index in [-0.39, 0.29) is 5.78 Å². The first kappa shape index (κ1) is 12.2. The number of ether oxygens (including phenoxy) is 1. The molecule has 0 aliphatic carbocycles. The van der Waals surface area contributed by atoms with Crippen LogP contribution in [-0.2, 0) is 0 Å². The molecule has 3 heteroatoms. The maximum absolute atomic E-state index is 12.3. The van der Waals surface area contributed by atoms with E-state index in [1.54, 1.807) is 18.2 Å². The Morgan fingerprint density at radius 2 is 1.78 bits per heavy atom. The predicted molar refractivity (Wildman–Crippen MR) is 72.0 cm³/mol. The van der Waals surface area contributed by atoms with Gasteiger partial charge < -0.3 is 10.5 Å². The van der Waals surface area contributed by atoms with E-state index in [4.69, 9.17) is 10.5 Å². The van der Waals surface area contributed by atoms with Gasteiger partial charge in [0.2, 0.25) is 0 Å². The average Bonchev–Trinajstić information content (AvgIpc) is 2.38. The summed E-state index contributed by atoms with van der Waals surface area (Å²) in [5, 5.41) is 0. The highest BCUT2D eigenvalue weighted by atomic mass is 16.5. The quantitative estimate of drug-likeness (QED) is 0.664. The fourth-order valence-corrected chi connectivity index (χ4v) is 1.76. The largest absolute Gasteiger partial charge is 0.496 e. The Balaban J connectivity index is 2.42. The van der Waals surface area contributed by atoms with Crippen LogP contribution in [0.4, 0.5) is 5.69 Å². The number of rotatable bonds is 3. The molecule has 0 aliphatic rings. The number of methoxy groups -OCH3 is 1. The summed E-state index contributed by atoms with van der Waals surface area (Å²) in [7, 11) is 1.53. The number of carbonyl (C=O) groups excluding carboxylic acids is 1. The zero-order valence-electron chi connectivity index (χ0n) is 10.4. The van der Waals surface area contributed by atoms with Gasteiger partial charge in [-0.3, -0.25) is 4.79 Å². The smallest absolute Gasteiger partial charge is 0.196 e. The van der Waals surface area contributed by atoms with Crippen LogP contribution in [0, 0.1) is 6.92 Å². The monoisotopic (exact) mass is 241 g/mol. The second-order valence-electron chi connectivity index (χ2n) is 4.15. The van der Waals surface area contributed by atoms with Crippen molar-refractivity contribution in [2.24, 2.45) is 0 Å². The average molecular weight is 241 g/mol. The van der Waals surface area contributed by atoms with Crippen molar-refractivity contribution in [3.8, 4) is 5.75 Å². The fraction of sp³-hybridized carbons (Fsp3) is 0.133. The summed E-state index contributed by atoms with van der Waals surface area (Å²) < 4.78 is 5.19. The molecule has 3 nitrogen and oxygen atoms in total. The number of carbonyl (C=O) groups is 1. The summed E-state index contributed by atoms with van der Waals surface area (Å²) in [6.45, 7) is 1.98. The van der Waals surface area contributed by atoms with E-state index < -0.39 is 0 Å². The van der Waals surface area contributed by atoms with E-state index in [9.17, 15) is 4.79 Å². The van der Waals surface area contributed by atoms with Crippen molar-refractivity contribution < 1.29 is 9.53 Å². The molecule has 0 aliphatic heterocycles. The van der Waals surface area contributed by atoms with Crippen molar-refractivity contribution in [3.05, 3.63) is 59.2 Å². The Morgan fingerprint density at radius 3 is 2.39 bits per heavy atom. The summed E-state index contributed by atoms with van der Waals surface area (Å²) in [4.78, 5) is 12.3. The van der Waals surface area contributed by atoms with E-state index >= 15 is 0 Å². The van der Waals surface area contributed by atoms with Crippen LogP contribution in [0.15, 0.2) is 42.5 Å². The number of aryl methyl sites for hydroxylation is 1. The second kappa shape index (κ2) is 4.92. The van der Waals surface area contributed by atoms with E-state index in [0.29, 0.717) is 22.6 Å². The number of ketones is 1. The van der Waals surface area contributed by atoms with Gasteiger partial charge in [0.25, 0.3) is 0 Å². The molecule has 2 N–H and O–H groups in total. The van der Waals surface area contributed by atoms with Crippen molar-refractivity contribution in [2.45, 2.75) is 6.92 Å². The number of benzene rings is 2. The molecule has 0 saturated carbocycles. The van der Waals surface area contributed by atoms with E-state index in [1.165, 1.54) is 7.11 Å². The zero-order chi connectivity index (χ0) is 13.1. The van der Waals surface area contributed by atoms with Gasteiger partial charge in [-0.15, -0.1) is 0 Å². The highest BCUT2D eigenvalue weighted by Gasteiger charge is 2.14. The third-order valence-corrected chi connectivity index (χ3v) is 2.78. The molecule has 0 saturated heterocycles. The number of hydrogen-bond donors (Lipinski definition) is 1. The second-order valence-corrected chi connectivity index (χ2v) is 4.15. The SMILES string of the molecule is COc1cc(N)ccc1C(=O)c1ccc(C)cc1. The molecule has 0 atom stereocenters. The summed E-state index contributed by atoms with van der Waals surface area (Å²) in [6, 6.07) is 12.5. The first-order chi connectivity index (χ1) is 8.61. The molecule has 18 heavy (non-hydrogen) atoms. The fourth-order valence-electron chi connectivity index (χ4n) is 1.76. The first-order valence-corrected chi connectivity index (χ1v) is 5.66. The molecule has 2 aromatic carbocycles. The van der Waals surface area contributed by atoms with Gasteiger partial charge in [-0.2, -0.15) is 0 Å². The maximum atomic E-state index is 12.3. The molecule has 0 radical (unpaired) electrons. The van der Waals surface area contributed by atoms with Crippen molar-refractivity contribution in [3.63, 3.8) is 0 Å². The van der Waals surface area contributed by atoms with Crippen molar-refractivity contribution in [1.82, 2.24) is 0 Å². The highest BCUT2D eigenvalue weighted by molar-refractivity contribution is 6.10. The van der Waals surface area contributed by atoms with Gasteiger partial charge in [-0.1, -0.05) is 29.8 Å². The molecule has 0 bridgehead atoms. The lowest BCUT2D eigenvalue weighted by molar-refractivity contribution is 0.103. The van der Waals surface area contributed by atoms with Gasteiger partial charge in [0.15, 0.2) is 5.78 Å². The van der Waals surface area contributed by atoms with Gasteiger partial charge in [0.1, 0.15) is 5.75 Å². The number of anilines is 1. The standard InChI is InChI=1S/C15H15NO2/c1-10-3-5-11(6-4-10)15(17)13-8-7-12(16)9-14(13)18-2/h3-9H,16H2,1-2H3. The van der Waals surface area contributed by atoms with E-state index in [1.807, 2.05) is 31.2 Å². The van der Waals surface area contributed by atoms with Gasteiger partial charge in [0.05, 0.1) is 12.7 Å². The summed E-state index contributed by atoms with van der Waals surface area (Å²) in [5.74, 6) is 0.437. The van der Waals surface area contributed by atoms with Crippen LogP contribution in [0.1, 0.15) is 21.5 Å². The number of nitrogens with two attached hydrogens (primary N) is 1. The maximum Gasteiger partial charge on any atom is 0.196 e. The van der Waals surface area contributed by atoms with Crippen LogP contribution in [0.25, 0.3) is 0 Å². The molecule has 0 spiro atoms. The lowest BCUT2D eigenvalue weighted by atomic mass is 10.0. The van der Waals surface area contributed by atoms with Crippen LogP contribution in [0.2, 0.25) is 0 Å². The van der Waals surface area contributed by atoms with Gasteiger partial charge >= 0.3 is 0 Å². The Kier molecular flexibility index (Phi) is 3.33. The number of hydrogen-bond acceptors (Lipinski definition) is 3. The van der Waals surface area contributed by atoms with Gasteiger partial charge in [-0.25, -0.2) is 0 Å². The molecule has 2 aromatic rings. The summed E-state index contributed by atoms with van der Waals surface area (Å²) in [6.07, 6.45) is 0. The Hall–Kier alpha value is -2.29. The lowest BCUT2D eigenvalue weighted by Crippen LogP contribution is -2.04. The molecule has 0 fully saturated rings. The van der Waals surface area contributed by atoms with Crippen LogP contribution < -0.4 is 10.5 Å². The third kappa shape index (κ3) is 2.35. The van der Waals surface area contributed by atoms with E-state index in [2.05, 4.69) is 0 Å². The Labute approximate surface area is 106 Å². The molecule has 2 rings (SSSR count). The molecule has 0 unspecified atom stereocenters. The van der Waals surface area contributed by atoms with Crippen LogP contribution in [0.5, 0.6) is 5.75 Å². The molecular weight excluding hydrogens is 226 g/mol. The first-order valence-electron chi connectivity index (χ1n) is 5.66. The minimum absolute atomic E-state index is 0.0631. The van der Waals surface area contributed by atoms with Crippen molar-refractivity contribution in [2.75, 3.05) is 12.8 Å². The topological polar surface area (TPSA) is 52.3 Å². The van der Waals surface area contributed by atoms with E-state index in [0.717, 1.165) is 5.56 Å². The number of nitrogen functional groups attached to an aromatic ring is 1. The normalized spacial score (nSPS) is 10.1. The van der Waals surface area contributed by atoms with Gasteiger partial charge in [0, 0.05) is 17.3 Å². The van der Waals surface area contributed by atoms with Crippen LogP contribution >= 0.6 is 0 Å². The van der Waals surface area contributed by atoms with Crippen LogP contribution in [0.3, 0.4) is 0 Å². The minimum Gasteiger partial charge on any atom is -0.496 e. The zero-order valence-corrected chi connectivity index (χ0v) is 10.4. The third-order valence-electron chi connectivity index (χ3n) is 2.78. The summed E-state index contributed by atoms with van der Waals surface area (Å²) >= 11 is 0. The summed E-state index contributed by atoms with van der Waals surface area (Å²) in [5.41, 5.74) is 8.53.